The van der Waals surface area contributed by atoms with E-state index in [1.165, 1.54) is 9.58 Å². The number of hydrogen-bond acceptors (Lipinski definition) is 9. The molecule has 0 atom stereocenters. The Balaban J connectivity index is 1.58. The highest BCUT2D eigenvalue weighted by atomic mass is 32.2. The fourth-order valence-corrected chi connectivity index (χ4v) is 3.57. The molecule has 1 aromatic heterocycles. The molecule has 12 heteroatoms. The Labute approximate surface area is 158 Å². The first-order valence-corrected chi connectivity index (χ1v) is 10.7. The quantitative estimate of drug-likeness (QED) is 0.397. The molecule has 0 aliphatic carbocycles. The van der Waals surface area contributed by atoms with E-state index < -0.39 is 9.84 Å². The average Bonchev–Trinajstić information content (AvgIpc) is 3.11. The van der Waals surface area contributed by atoms with Gasteiger partial charge in [0.2, 0.25) is 0 Å². The van der Waals surface area contributed by atoms with E-state index in [1.54, 1.807) is 6.20 Å². The van der Waals surface area contributed by atoms with E-state index in [0.29, 0.717) is 52.7 Å². The van der Waals surface area contributed by atoms with Crippen molar-refractivity contribution >= 4 is 15.7 Å². The monoisotopic (exact) mass is 405 g/mol. The van der Waals surface area contributed by atoms with Crippen LogP contribution in [0.2, 0.25) is 0 Å². The summed E-state index contributed by atoms with van der Waals surface area (Å²) in [5.41, 5.74) is 5.50. The number of ether oxygens (including phenoxy) is 3. The zero-order chi connectivity index (χ0) is 19.5. The number of nitrogens with two attached hydrogens (primary N) is 1. The number of sulfone groups is 1. The summed E-state index contributed by atoms with van der Waals surface area (Å²) in [6, 6.07) is 0. The van der Waals surface area contributed by atoms with Crippen LogP contribution in [-0.2, 0) is 30.6 Å². The summed E-state index contributed by atoms with van der Waals surface area (Å²) in [4.78, 5) is 13.8. The lowest BCUT2D eigenvalue weighted by molar-refractivity contribution is 0.0141. The molecule has 154 valence electrons. The molecule has 0 bridgehead atoms. The molecular weight excluding hydrogens is 378 g/mol. The lowest BCUT2D eigenvalue weighted by Crippen LogP contribution is -2.43. The second-order valence-electron chi connectivity index (χ2n) is 5.94. The molecule has 0 aromatic carbocycles. The number of carbonyl (C=O) groups excluding carboxylic acids is 1. The van der Waals surface area contributed by atoms with Crippen LogP contribution >= 0.6 is 0 Å². The number of carbonyl (C=O) groups is 1. The minimum absolute atomic E-state index is 0.0120. The third kappa shape index (κ3) is 7.89. The van der Waals surface area contributed by atoms with Crippen molar-refractivity contribution in [1.29, 1.82) is 0 Å². The molecule has 1 aliphatic heterocycles. The maximum Gasteiger partial charge on any atom is 0.276 e. The van der Waals surface area contributed by atoms with Crippen molar-refractivity contribution in [2.45, 2.75) is 6.54 Å². The molecule has 1 fully saturated rings. The van der Waals surface area contributed by atoms with Crippen molar-refractivity contribution in [3.8, 4) is 0 Å². The van der Waals surface area contributed by atoms with Crippen LogP contribution in [0.1, 0.15) is 10.5 Å². The van der Waals surface area contributed by atoms with Crippen LogP contribution in [0.3, 0.4) is 0 Å². The Hall–Kier alpha value is -1.60. The van der Waals surface area contributed by atoms with Gasteiger partial charge in [0, 0.05) is 19.6 Å². The summed E-state index contributed by atoms with van der Waals surface area (Å²) in [5, 5.41) is 7.76. The van der Waals surface area contributed by atoms with Crippen LogP contribution in [0.15, 0.2) is 6.20 Å². The van der Waals surface area contributed by atoms with Crippen molar-refractivity contribution < 1.29 is 27.4 Å². The third-order valence-corrected chi connectivity index (χ3v) is 5.47. The molecule has 1 aliphatic rings. The van der Waals surface area contributed by atoms with E-state index in [-0.39, 0.29) is 36.2 Å². The number of amides is 1. The van der Waals surface area contributed by atoms with Crippen LogP contribution in [0, 0.1) is 0 Å². The van der Waals surface area contributed by atoms with Crippen molar-refractivity contribution in [2.75, 3.05) is 70.8 Å². The van der Waals surface area contributed by atoms with Crippen molar-refractivity contribution in [2.24, 2.45) is 5.73 Å². The van der Waals surface area contributed by atoms with Gasteiger partial charge < -0.3 is 24.8 Å². The molecule has 2 rings (SSSR count). The maximum absolute atomic E-state index is 12.3. The molecule has 1 amide bonds. The Morgan fingerprint density at radius 1 is 1.04 bits per heavy atom. The molecule has 1 aromatic rings. The summed E-state index contributed by atoms with van der Waals surface area (Å²) < 4.78 is 40.3. The van der Waals surface area contributed by atoms with Gasteiger partial charge in [0.1, 0.15) is 0 Å². The van der Waals surface area contributed by atoms with Gasteiger partial charge in [-0.1, -0.05) is 5.21 Å². The van der Waals surface area contributed by atoms with Crippen LogP contribution in [0.4, 0.5) is 0 Å². The number of rotatable bonds is 12. The van der Waals surface area contributed by atoms with Gasteiger partial charge >= 0.3 is 0 Å². The van der Waals surface area contributed by atoms with E-state index >= 15 is 0 Å². The summed E-state index contributed by atoms with van der Waals surface area (Å²) in [7, 11) is -3.03. The van der Waals surface area contributed by atoms with Gasteiger partial charge in [0.15, 0.2) is 15.5 Å². The fraction of sp³-hybridized carbons (Fsp3) is 0.800. The van der Waals surface area contributed by atoms with Gasteiger partial charge in [0.05, 0.1) is 63.9 Å². The van der Waals surface area contributed by atoms with E-state index in [0.717, 1.165) is 0 Å². The second kappa shape index (κ2) is 11.3. The highest BCUT2D eigenvalue weighted by Crippen LogP contribution is 2.08. The van der Waals surface area contributed by atoms with Gasteiger partial charge in [-0.3, -0.25) is 4.79 Å². The zero-order valence-corrected chi connectivity index (χ0v) is 16.1. The van der Waals surface area contributed by atoms with Crippen LogP contribution < -0.4 is 5.73 Å². The zero-order valence-electron chi connectivity index (χ0n) is 15.3. The molecular formula is C15H27N5O6S. The van der Waals surface area contributed by atoms with E-state index in [9.17, 15) is 13.2 Å². The molecule has 0 unspecified atom stereocenters. The van der Waals surface area contributed by atoms with E-state index in [4.69, 9.17) is 19.9 Å². The highest BCUT2D eigenvalue weighted by molar-refractivity contribution is 7.91. The minimum atomic E-state index is -3.03. The largest absolute Gasteiger partial charge is 0.378 e. The van der Waals surface area contributed by atoms with Crippen molar-refractivity contribution in [3.63, 3.8) is 0 Å². The SMILES string of the molecule is NCCOCCOCCOCCn1cc(C(=O)N2CCS(=O)(=O)CC2)nn1. The molecule has 11 nitrogen and oxygen atoms in total. The maximum atomic E-state index is 12.3. The Kier molecular flexibility index (Phi) is 9.07. The molecule has 1 saturated heterocycles. The van der Waals surface area contributed by atoms with Crippen LogP contribution in [0.5, 0.6) is 0 Å². The summed E-state index contributed by atoms with van der Waals surface area (Å²) in [6.45, 7) is 4.18. The topological polar surface area (TPSA) is 139 Å². The normalized spacial score (nSPS) is 16.6. The van der Waals surface area contributed by atoms with Gasteiger partial charge in [-0.05, 0) is 0 Å². The van der Waals surface area contributed by atoms with E-state index in [2.05, 4.69) is 10.3 Å². The summed E-state index contributed by atoms with van der Waals surface area (Å²) >= 11 is 0. The third-order valence-electron chi connectivity index (χ3n) is 3.86. The van der Waals surface area contributed by atoms with Gasteiger partial charge in [-0.15, -0.1) is 5.10 Å². The fourth-order valence-electron chi connectivity index (χ4n) is 2.37. The van der Waals surface area contributed by atoms with Crippen molar-refractivity contribution in [1.82, 2.24) is 19.9 Å². The van der Waals surface area contributed by atoms with Crippen LogP contribution in [-0.4, -0.2) is 105 Å². The Morgan fingerprint density at radius 3 is 2.26 bits per heavy atom. The standard InChI is InChI=1S/C15H27N5O6S/c16-1-5-24-7-9-26-10-8-25-6-2-20-13-14(17-18-20)15(21)19-3-11-27(22,23)12-4-19/h13H,1-12,16H2. The lowest BCUT2D eigenvalue weighted by Gasteiger charge is -2.25. The molecule has 0 spiro atoms. The van der Waals surface area contributed by atoms with E-state index in [1.807, 2.05) is 0 Å². The Morgan fingerprint density at radius 2 is 1.63 bits per heavy atom. The first-order valence-electron chi connectivity index (χ1n) is 8.85. The number of hydrogen-bond donors (Lipinski definition) is 1. The second-order valence-corrected chi connectivity index (χ2v) is 8.24. The molecule has 27 heavy (non-hydrogen) atoms. The Bertz CT molecular complexity index is 666. The predicted octanol–water partition coefficient (Wildman–Crippen LogP) is -1.84. The van der Waals surface area contributed by atoms with Crippen molar-refractivity contribution in [3.05, 3.63) is 11.9 Å². The first-order chi connectivity index (χ1) is 13.0. The average molecular weight is 405 g/mol. The first kappa shape index (κ1) is 21.7. The van der Waals surface area contributed by atoms with Gasteiger partial charge in [-0.25, -0.2) is 13.1 Å². The smallest absolute Gasteiger partial charge is 0.276 e. The molecule has 0 saturated carbocycles. The highest BCUT2D eigenvalue weighted by Gasteiger charge is 2.27. The van der Waals surface area contributed by atoms with Crippen LogP contribution in [0.25, 0.3) is 0 Å². The molecule has 2 N–H and O–H groups in total. The predicted molar refractivity (Wildman–Crippen MR) is 96.1 cm³/mol. The van der Waals surface area contributed by atoms with Gasteiger partial charge in [0.25, 0.3) is 5.91 Å². The summed E-state index contributed by atoms with van der Waals surface area (Å²) in [6.07, 6.45) is 1.54. The molecule has 0 radical (unpaired) electrons. The lowest BCUT2D eigenvalue weighted by atomic mass is 10.3. The molecule has 2 heterocycles. The minimum Gasteiger partial charge on any atom is -0.378 e. The number of aromatic nitrogens is 3. The summed E-state index contributed by atoms with van der Waals surface area (Å²) in [5.74, 6) is -0.327. The number of nitrogens with zero attached hydrogens (tertiary/aromatic N) is 4. The van der Waals surface area contributed by atoms with Gasteiger partial charge in [-0.2, -0.15) is 0 Å².